The van der Waals surface area contributed by atoms with Crippen molar-refractivity contribution in [2.24, 2.45) is 0 Å². The predicted molar refractivity (Wildman–Crippen MR) is 101 cm³/mol. The molecule has 2 heterocycles. The van der Waals surface area contributed by atoms with Crippen LogP contribution >= 0.6 is 0 Å². The first kappa shape index (κ1) is 19.9. The zero-order valence-electron chi connectivity index (χ0n) is 16.3. The van der Waals surface area contributed by atoms with E-state index in [4.69, 9.17) is 9.15 Å². The Labute approximate surface area is 162 Å². The Balaban J connectivity index is 1.83. The molecule has 2 aromatic rings. The second-order valence-corrected chi connectivity index (χ2v) is 7.81. The molecule has 1 aliphatic rings. The number of aryl methyl sites for hydroxylation is 2. The summed E-state index contributed by atoms with van der Waals surface area (Å²) in [4.78, 5) is 35.0. The number of hydrogen-bond acceptors (Lipinski definition) is 6. The van der Waals surface area contributed by atoms with Crippen LogP contribution in [0.25, 0.3) is 11.0 Å². The largest absolute Gasteiger partial charge is 0.550 e. The summed E-state index contributed by atoms with van der Waals surface area (Å²) in [5.74, 6) is -0.781. The Morgan fingerprint density at radius 3 is 2.75 bits per heavy atom. The van der Waals surface area contributed by atoms with E-state index in [2.05, 4.69) is 5.32 Å². The number of carbonyl (C=O) groups is 2. The lowest BCUT2D eigenvalue weighted by Crippen LogP contribution is -2.32. The lowest BCUT2D eigenvalue weighted by molar-refractivity contribution is -0.305. The molecule has 0 bridgehead atoms. The van der Waals surface area contributed by atoms with Gasteiger partial charge in [-0.3, -0.25) is 4.79 Å². The Bertz CT molecular complexity index is 989. The predicted octanol–water partition coefficient (Wildman–Crippen LogP) is 1.39. The summed E-state index contributed by atoms with van der Waals surface area (Å²) < 4.78 is 11.5. The number of carbonyl (C=O) groups excluding carboxylic acids is 2. The highest BCUT2D eigenvalue weighted by Crippen LogP contribution is 2.36. The molecule has 7 heteroatoms. The van der Waals surface area contributed by atoms with Gasteiger partial charge in [0, 0.05) is 24.0 Å². The number of nitrogens with one attached hydrogen (secondary N) is 1. The van der Waals surface area contributed by atoms with Crippen LogP contribution in [0.2, 0.25) is 0 Å². The van der Waals surface area contributed by atoms with Gasteiger partial charge in [-0.05, 0) is 63.6 Å². The highest BCUT2D eigenvalue weighted by molar-refractivity contribution is 5.86. The van der Waals surface area contributed by atoms with Crippen LogP contribution in [0.1, 0.15) is 49.8 Å². The van der Waals surface area contributed by atoms with Gasteiger partial charge in [-0.15, -0.1) is 0 Å². The molecular weight excluding hydrogens is 362 g/mol. The molecule has 28 heavy (non-hydrogen) atoms. The fourth-order valence-corrected chi connectivity index (χ4v) is 3.42. The van der Waals surface area contributed by atoms with Gasteiger partial charge in [-0.1, -0.05) is 0 Å². The second-order valence-electron chi connectivity index (χ2n) is 7.81. The van der Waals surface area contributed by atoms with Crippen LogP contribution in [0.15, 0.2) is 21.3 Å². The van der Waals surface area contributed by atoms with Crippen molar-refractivity contribution in [3.05, 3.63) is 39.2 Å². The molecule has 0 saturated heterocycles. The molecule has 0 saturated carbocycles. The van der Waals surface area contributed by atoms with Crippen LogP contribution in [0.5, 0.6) is 5.75 Å². The van der Waals surface area contributed by atoms with Crippen molar-refractivity contribution in [3.8, 4) is 5.75 Å². The minimum atomic E-state index is -1.16. The number of benzene rings is 1. The molecule has 150 valence electrons. The second kappa shape index (κ2) is 7.66. The smallest absolute Gasteiger partial charge is 0.340 e. The average molecular weight is 386 g/mol. The van der Waals surface area contributed by atoms with E-state index in [0.717, 1.165) is 29.5 Å². The van der Waals surface area contributed by atoms with Gasteiger partial charge < -0.3 is 24.4 Å². The highest BCUT2D eigenvalue weighted by atomic mass is 16.5. The number of amides is 1. The number of carboxylic acids is 1. The molecule has 0 atom stereocenters. The number of fused-ring (bicyclic) bond motifs is 2. The SMILES string of the molecule is Cc1c(CC(=O)NCCCC(=O)[O-])c(=O)oc2cc3c(cc12)CCC(C)(C)O3. The molecule has 1 aromatic carbocycles. The quantitative estimate of drug-likeness (QED) is 0.594. The van der Waals surface area contributed by atoms with Crippen LogP contribution in [0.3, 0.4) is 0 Å². The first-order chi connectivity index (χ1) is 13.2. The summed E-state index contributed by atoms with van der Waals surface area (Å²) >= 11 is 0. The molecule has 7 nitrogen and oxygen atoms in total. The molecule has 1 N–H and O–H groups in total. The Kier molecular flexibility index (Phi) is 5.45. The molecule has 1 aliphatic heterocycles. The van der Waals surface area contributed by atoms with E-state index in [1.165, 1.54) is 0 Å². The average Bonchev–Trinajstić information content (AvgIpc) is 2.60. The first-order valence-corrected chi connectivity index (χ1v) is 9.41. The number of carboxylic acid groups (broad SMARTS) is 1. The van der Waals surface area contributed by atoms with E-state index in [1.54, 1.807) is 13.0 Å². The third-order valence-electron chi connectivity index (χ3n) is 5.07. The van der Waals surface area contributed by atoms with Gasteiger partial charge >= 0.3 is 5.63 Å². The summed E-state index contributed by atoms with van der Waals surface area (Å²) in [6, 6.07) is 3.73. The van der Waals surface area contributed by atoms with Crippen LogP contribution in [-0.2, 0) is 22.4 Å². The molecule has 3 rings (SSSR count). The zero-order valence-corrected chi connectivity index (χ0v) is 16.3. The minimum Gasteiger partial charge on any atom is -0.550 e. The normalized spacial score (nSPS) is 15.0. The van der Waals surface area contributed by atoms with Crippen molar-refractivity contribution in [1.82, 2.24) is 5.32 Å². The van der Waals surface area contributed by atoms with E-state index in [1.807, 2.05) is 19.9 Å². The fraction of sp³-hybridized carbons (Fsp3) is 0.476. The van der Waals surface area contributed by atoms with Gasteiger partial charge in [0.1, 0.15) is 16.9 Å². The summed E-state index contributed by atoms with van der Waals surface area (Å²) in [6.45, 7) is 6.07. The monoisotopic (exact) mass is 386 g/mol. The molecular formula is C21H24NO6-. The van der Waals surface area contributed by atoms with E-state index in [-0.39, 0.29) is 37.3 Å². The number of aliphatic carboxylic acids is 1. The number of rotatable bonds is 6. The van der Waals surface area contributed by atoms with E-state index >= 15 is 0 Å². The zero-order chi connectivity index (χ0) is 20.5. The maximum Gasteiger partial charge on any atom is 0.340 e. The number of ether oxygens (including phenoxy) is 1. The van der Waals surface area contributed by atoms with Crippen LogP contribution in [-0.4, -0.2) is 24.0 Å². The van der Waals surface area contributed by atoms with Gasteiger partial charge in [-0.2, -0.15) is 0 Å². The van der Waals surface area contributed by atoms with Crippen molar-refractivity contribution in [3.63, 3.8) is 0 Å². The van der Waals surface area contributed by atoms with Crippen molar-refractivity contribution in [2.45, 2.75) is 58.5 Å². The summed E-state index contributed by atoms with van der Waals surface area (Å²) in [5.41, 5.74) is 1.71. The van der Waals surface area contributed by atoms with Gasteiger partial charge in [0.2, 0.25) is 5.91 Å². The highest BCUT2D eigenvalue weighted by Gasteiger charge is 2.27. The lowest BCUT2D eigenvalue weighted by Gasteiger charge is -2.32. The van der Waals surface area contributed by atoms with Crippen molar-refractivity contribution < 1.29 is 23.8 Å². The van der Waals surface area contributed by atoms with Gasteiger partial charge in [0.05, 0.1) is 12.0 Å². The molecule has 0 unspecified atom stereocenters. The molecule has 0 aliphatic carbocycles. The third-order valence-corrected chi connectivity index (χ3v) is 5.07. The topological polar surface area (TPSA) is 109 Å². The summed E-state index contributed by atoms with van der Waals surface area (Å²) in [5, 5.41) is 13.8. The molecule has 0 spiro atoms. The minimum absolute atomic E-state index is 0.115. The van der Waals surface area contributed by atoms with E-state index < -0.39 is 11.6 Å². The van der Waals surface area contributed by atoms with E-state index in [0.29, 0.717) is 16.7 Å². The summed E-state index contributed by atoms with van der Waals surface area (Å²) in [7, 11) is 0. The summed E-state index contributed by atoms with van der Waals surface area (Å²) in [6.07, 6.45) is 1.80. The third kappa shape index (κ3) is 4.35. The van der Waals surface area contributed by atoms with Crippen molar-refractivity contribution >= 4 is 22.8 Å². The van der Waals surface area contributed by atoms with Crippen LogP contribution in [0.4, 0.5) is 0 Å². The maximum atomic E-state index is 12.4. The molecule has 1 amide bonds. The fourth-order valence-electron chi connectivity index (χ4n) is 3.42. The Morgan fingerprint density at radius 1 is 1.29 bits per heavy atom. The Hall–Kier alpha value is -2.83. The van der Waals surface area contributed by atoms with Crippen LogP contribution < -0.4 is 20.8 Å². The van der Waals surface area contributed by atoms with Crippen molar-refractivity contribution in [1.29, 1.82) is 0 Å². The lowest BCUT2D eigenvalue weighted by atomic mass is 9.92. The number of hydrogen-bond donors (Lipinski definition) is 1. The molecule has 0 radical (unpaired) electrons. The van der Waals surface area contributed by atoms with Crippen molar-refractivity contribution in [2.75, 3.05) is 6.54 Å². The van der Waals surface area contributed by atoms with E-state index in [9.17, 15) is 19.5 Å². The van der Waals surface area contributed by atoms with Gasteiger partial charge in [0.25, 0.3) is 0 Å². The Morgan fingerprint density at radius 2 is 2.04 bits per heavy atom. The first-order valence-electron chi connectivity index (χ1n) is 9.41. The van der Waals surface area contributed by atoms with Gasteiger partial charge in [0.15, 0.2) is 0 Å². The standard InChI is InChI=1S/C21H25NO6/c1-12-14-9-13-6-7-21(2,3)28-16(13)11-17(14)27-20(26)15(12)10-18(23)22-8-4-5-19(24)25/h9,11H,4-8,10H2,1-3H3,(H,22,23)(H,24,25)/p-1. The van der Waals surface area contributed by atoms with Gasteiger partial charge in [-0.25, -0.2) is 4.79 Å². The molecule has 1 aromatic heterocycles. The maximum absolute atomic E-state index is 12.4. The van der Waals surface area contributed by atoms with Crippen LogP contribution in [0, 0.1) is 6.92 Å². The molecule has 0 fully saturated rings.